The molecule has 0 spiro atoms. The third-order valence-corrected chi connectivity index (χ3v) is 9.55. The van der Waals surface area contributed by atoms with Crippen LogP contribution in [-0.2, 0) is 32.6 Å². The molecule has 9 heteroatoms. The highest BCUT2D eigenvalue weighted by molar-refractivity contribution is 7.92. The zero-order valence-electron chi connectivity index (χ0n) is 25.9. The molecule has 0 aliphatic heterocycles. The molecule has 2 amide bonds. The van der Waals surface area contributed by atoms with Crippen molar-refractivity contribution in [3.05, 3.63) is 108 Å². The minimum atomic E-state index is -3.88. The SMILES string of the molecule is COc1cccc(CN(C(=O)CN(c2cccc3ccccc23)S(C)(=O)=O)[C@H](Cc2ccccc2)C(=O)NC2CCCCC2)c1. The van der Waals surface area contributed by atoms with Crippen LogP contribution < -0.4 is 14.4 Å². The summed E-state index contributed by atoms with van der Waals surface area (Å²) in [7, 11) is -2.31. The van der Waals surface area contributed by atoms with Crippen LogP contribution in [0.15, 0.2) is 97.1 Å². The maximum atomic E-state index is 14.5. The molecule has 1 saturated carbocycles. The molecule has 0 saturated heterocycles. The molecule has 4 aromatic rings. The van der Waals surface area contributed by atoms with Crippen molar-refractivity contribution in [1.29, 1.82) is 0 Å². The second kappa shape index (κ2) is 14.6. The fourth-order valence-electron chi connectivity index (χ4n) is 6.09. The molecule has 236 valence electrons. The van der Waals surface area contributed by atoms with Gasteiger partial charge in [0.2, 0.25) is 21.8 Å². The van der Waals surface area contributed by atoms with E-state index in [-0.39, 0.29) is 24.9 Å². The number of nitrogens with zero attached hydrogens (tertiary/aromatic N) is 2. The Morgan fingerprint density at radius 1 is 0.867 bits per heavy atom. The third kappa shape index (κ3) is 8.22. The zero-order chi connectivity index (χ0) is 31.8. The van der Waals surface area contributed by atoms with E-state index in [1.54, 1.807) is 19.2 Å². The Morgan fingerprint density at radius 2 is 1.53 bits per heavy atom. The first-order valence-electron chi connectivity index (χ1n) is 15.4. The minimum Gasteiger partial charge on any atom is -0.497 e. The number of hydrogen-bond acceptors (Lipinski definition) is 5. The summed E-state index contributed by atoms with van der Waals surface area (Å²) in [5.74, 6) is -0.0892. The molecule has 0 unspecified atom stereocenters. The van der Waals surface area contributed by atoms with Gasteiger partial charge in [0, 0.05) is 24.4 Å². The minimum absolute atomic E-state index is 0.0431. The van der Waals surface area contributed by atoms with Gasteiger partial charge in [0.25, 0.3) is 0 Å². The Hall–Kier alpha value is -4.37. The number of methoxy groups -OCH3 is 1. The van der Waals surface area contributed by atoms with Crippen LogP contribution in [0.25, 0.3) is 10.8 Å². The highest BCUT2D eigenvalue weighted by Crippen LogP contribution is 2.29. The molecule has 1 N–H and O–H groups in total. The van der Waals surface area contributed by atoms with E-state index in [0.29, 0.717) is 16.8 Å². The van der Waals surface area contributed by atoms with Gasteiger partial charge >= 0.3 is 0 Å². The molecule has 0 bridgehead atoms. The first-order chi connectivity index (χ1) is 21.7. The molecular weight excluding hydrogens is 586 g/mol. The van der Waals surface area contributed by atoms with E-state index in [1.807, 2.05) is 84.9 Å². The molecule has 1 aliphatic rings. The van der Waals surface area contributed by atoms with E-state index in [4.69, 9.17) is 4.74 Å². The summed E-state index contributed by atoms with van der Waals surface area (Å²) in [5.41, 5.74) is 2.08. The predicted molar refractivity (Wildman–Crippen MR) is 179 cm³/mol. The van der Waals surface area contributed by atoms with Crippen LogP contribution in [-0.4, -0.2) is 57.1 Å². The van der Waals surface area contributed by atoms with E-state index in [2.05, 4.69) is 5.32 Å². The summed E-state index contributed by atoms with van der Waals surface area (Å²) < 4.78 is 33.2. The number of hydrogen-bond donors (Lipinski definition) is 1. The number of sulfonamides is 1. The average Bonchev–Trinajstić information content (AvgIpc) is 3.05. The molecule has 1 aliphatic carbocycles. The topological polar surface area (TPSA) is 96.0 Å². The van der Waals surface area contributed by atoms with E-state index in [9.17, 15) is 18.0 Å². The quantitative estimate of drug-likeness (QED) is 0.217. The Labute approximate surface area is 266 Å². The van der Waals surface area contributed by atoms with Crippen molar-refractivity contribution >= 4 is 38.3 Å². The van der Waals surface area contributed by atoms with Crippen molar-refractivity contribution < 1.29 is 22.7 Å². The maximum Gasteiger partial charge on any atom is 0.244 e. The highest BCUT2D eigenvalue weighted by atomic mass is 32.2. The summed E-state index contributed by atoms with van der Waals surface area (Å²) in [6.45, 7) is -0.364. The fraction of sp³-hybridized carbons (Fsp3) is 0.333. The number of amides is 2. The van der Waals surface area contributed by atoms with E-state index in [0.717, 1.165) is 59.2 Å². The molecule has 1 fully saturated rings. The van der Waals surface area contributed by atoms with Crippen molar-refractivity contribution in [2.45, 2.75) is 57.2 Å². The Morgan fingerprint density at radius 3 is 2.27 bits per heavy atom. The van der Waals surface area contributed by atoms with Crippen LogP contribution in [0.1, 0.15) is 43.2 Å². The van der Waals surface area contributed by atoms with Gasteiger partial charge in [0.1, 0.15) is 18.3 Å². The predicted octanol–water partition coefficient (Wildman–Crippen LogP) is 5.70. The number of anilines is 1. The lowest BCUT2D eigenvalue weighted by Gasteiger charge is -2.35. The smallest absolute Gasteiger partial charge is 0.244 e. The normalized spacial score (nSPS) is 14.4. The van der Waals surface area contributed by atoms with Gasteiger partial charge in [-0.25, -0.2) is 8.42 Å². The zero-order valence-corrected chi connectivity index (χ0v) is 26.7. The van der Waals surface area contributed by atoms with Gasteiger partial charge in [-0.05, 0) is 47.6 Å². The number of carbonyl (C=O) groups excluding carboxylic acids is 2. The highest BCUT2D eigenvalue weighted by Gasteiger charge is 2.34. The van der Waals surface area contributed by atoms with Crippen LogP contribution in [0.5, 0.6) is 5.75 Å². The molecule has 4 aromatic carbocycles. The number of ether oxygens (including phenoxy) is 1. The monoisotopic (exact) mass is 627 g/mol. The average molecular weight is 628 g/mol. The third-order valence-electron chi connectivity index (χ3n) is 8.42. The van der Waals surface area contributed by atoms with Crippen molar-refractivity contribution in [1.82, 2.24) is 10.2 Å². The number of carbonyl (C=O) groups is 2. The second-order valence-electron chi connectivity index (χ2n) is 11.7. The van der Waals surface area contributed by atoms with Gasteiger partial charge in [-0.2, -0.15) is 0 Å². The molecule has 1 atom stereocenters. The van der Waals surface area contributed by atoms with Crippen LogP contribution in [0, 0.1) is 0 Å². The summed E-state index contributed by atoms with van der Waals surface area (Å²) in [4.78, 5) is 30.2. The summed E-state index contributed by atoms with van der Waals surface area (Å²) >= 11 is 0. The fourth-order valence-corrected chi connectivity index (χ4v) is 6.95. The Bertz CT molecular complexity index is 1720. The number of fused-ring (bicyclic) bond motifs is 1. The summed E-state index contributed by atoms with van der Waals surface area (Å²) in [6, 6.07) is 29.0. The van der Waals surface area contributed by atoms with E-state index in [1.165, 1.54) is 4.90 Å². The number of benzene rings is 4. The van der Waals surface area contributed by atoms with Gasteiger partial charge in [0.05, 0.1) is 19.1 Å². The van der Waals surface area contributed by atoms with Crippen LogP contribution in [0.4, 0.5) is 5.69 Å². The lowest BCUT2D eigenvalue weighted by molar-refractivity contribution is -0.140. The van der Waals surface area contributed by atoms with Crippen LogP contribution >= 0.6 is 0 Å². The van der Waals surface area contributed by atoms with E-state index < -0.39 is 28.5 Å². The van der Waals surface area contributed by atoms with Gasteiger partial charge in [-0.3, -0.25) is 13.9 Å². The van der Waals surface area contributed by atoms with Crippen molar-refractivity contribution in [2.75, 3.05) is 24.2 Å². The molecule has 0 radical (unpaired) electrons. The molecular formula is C36H41N3O5S. The van der Waals surface area contributed by atoms with Gasteiger partial charge in [0.15, 0.2) is 0 Å². The summed E-state index contributed by atoms with van der Waals surface area (Å²) in [6.07, 6.45) is 6.43. The molecule has 0 heterocycles. The molecule has 0 aromatic heterocycles. The Kier molecular flexibility index (Phi) is 10.4. The van der Waals surface area contributed by atoms with Crippen molar-refractivity contribution in [3.8, 4) is 5.75 Å². The van der Waals surface area contributed by atoms with Crippen LogP contribution in [0.2, 0.25) is 0 Å². The second-order valence-corrected chi connectivity index (χ2v) is 13.6. The van der Waals surface area contributed by atoms with Crippen LogP contribution in [0.3, 0.4) is 0 Å². The largest absolute Gasteiger partial charge is 0.497 e. The molecule has 8 nitrogen and oxygen atoms in total. The van der Waals surface area contributed by atoms with Gasteiger partial charge in [-0.1, -0.05) is 98.1 Å². The Balaban J connectivity index is 1.55. The lowest BCUT2D eigenvalue weighted by Crippen LogP contribution is -2.55. The number of rotatable bonds is 12. The van der Waals surface area contributed by atoms with Gasteiger partial charge < -0.3 is 15.0 Å². The van der Waals surface area contributed by atoms with Crippen molar-refractivity contribution in [2.24, 2.45) is 0 Å². The summed E-state index contributed by atoms with van der Waals surface area (Å²) in [5, 5.41) is 4.81. The first-order valence-corrected chi connectivity index (χ1v) is 17.3. The maximum absolute atomic E-state index is 14.5. The lowest BCUT2D eigenvalue weighted by atomic mass is 9.94. The van der Waals surface area contributed by atoms with Crippen molar-refractivity contribution in [3.63, 3.8) is 0 Å². The van der Waals surface area contributed by atoms with Gasteiger partial charge in [-0.15, -0.1) is 0 Å². The number of nitrogens with one attached hydrogen (secondary N) is 1. The first kappa shape index (κ1) is 32.0. The molecule has 45 heavy (non-hydrogen) atoms. The van der Waals surface area contributed by atoms with E-state index >= 15 is 0 Å². The standard InChI is InChI=1S/C36H41N3O5S/c1-44-31-20-11-15-28(23-31)25-38(34(24-27-13-5-3-6-14-27)36(41)37-30-18-7-4-8-19-30)35(40)26-39(45(2,42)43)33-22-12-17-29-16-9-10-21-32(29)33/h3,5-6,9-17,20-23,30,34H,4,7-8,18-19,24-26H2,1-2H3,(H,37,41)/t34-/m1/s1. The molecule has 5 rings (SSSR count).